The van der Waals surface area contributed by atoms with Crippen LogP contribution in [-0.4, -0.2) is 16.0 Å². The second kappa shape index (κ2) is 6.85. The lowest BCUT2D eigenvalue weighted by molar-refractivity contribution is -0.384. The van der Waals surface area contributed by atoms with Gasteiger partial charge in [-0.15, -0.1) is 0 Å². The molecule has 5 heteroatoms. The van der Waals surface area contributed by atoms with Gasteiger partial charge in [-0.3, -0.25) is 14.9 Å². The van der Waals surface area contributed by atoms with Crippen LogP contribution in [0.2, 0.25) is 0 Å². The zero-order chi connectivity index (χ0) is 16.1. The van der Waals surface area contributed by atoms with Crippen LogP contribution >= 0.6 is 0 Å². The average molecular weight is 299 g/mol. The van der Waals surface area contributed by atoms with Crippen molar-refractivity contribution in [1.82, 2.24) is 0 Å². The number of non-ortho nitro benzene ring substituents is 1. The number of hydrogen-bond acceptors (Lipinski definition) is 3. The Hall–Kier alpha value is -2.69. The molecule has 0 aliphatic rings. The van der Waals surface area contributed by atoms with Crippen molar-refractivity contribution in [1.29, 1.82) is 0 Å². The minimum absolute atomic E-state index is 0.0170. The van der Waals surface area contributed by atoms with Crippen molar-refractivity contribution in [2.75, 3.05) is 0 Å². The van der Waals surface area contributed by atoms with Crippen LogP contribution < -0.4 is 0 Å². The summed E-state index contributed by atoms with van der Waals surface area (Å²) in [5.74, 6) is -0.828. The molecule has 2 aromatic carbocycles. The zero-order valence-electron chi connectivity index (χ0n) is 12.2. The summed E-state index contributed by atoms with van der Waals surface area (Å²) in [7, 11) is 0. The number of carboxylic acid groups (broad SMARTS) is 1. The first kappa shape index (κ1) is 15.7. The maximum Gasteiger partial charge on any atom is 0.303 e. The van der Waals surface area contributed by atoms with E-state index >= 15 is 0 Å². The van der Waals surface area contributed by atoms with Crippen LogP contribution in [0, 0.1) is 10.1 Å². The number of nitro benzene ring substituents is 1. The lowest BCUT2D eigenvalue weighted by atomic mass is 9.92. The molecule has 1 unspecified atom stereocenters. The molecule has 0 aliphatic carbocycles. The van der Waals surface area contributed by atoms with E-state index in [1.165, 1.54) is 12.1 Å². The Morgan fingerprint density at radius 2 is 1.86 bits per heavy atom. The summed E-state index contributed by atoms with van der Waals surface area (Å²) in [6, 6.07) is 14.0. The second-order valence-corrected chi connectivity index (χ2v) is 5.13. The first-order valence-electron chi connectivity index (χ1n) is 7.08. The van der Waals surface area contributed by atoms with Crippen molar-refractivity contribution in [2.24, 2.45) is 0 Å². The van der Waals surface area contributed by atoms with Gasteiger partial charge in [0.2, 0.25) is 0 Å². The zero-order valence-corrected chi connectivity index (χ0v) is 12.2. The first-order chi connectivity index (χ1) is 10.5. The van der Waals surface area contributed by atoms with Crippen LogP contribution in [0.3, 0.4) is 0 Å². The molecule has 22 heavy (non-hydrogen) atoms. The fraction of sp³-hybridized carbons (Fsp3) is 0.235. The minimum atomic E-state index is -0.811. The standard InChI is InChI=1S/C17H17NO4/c1-2-12(11-17(19)20)13-6-8-14(9-7-13)15-4-3-5-16(10-15)18(21)22/h3-10,12H,2,11H2,1H3,(H,19,20). The summed E-state index contributed by atoms with van der Waals surface area (Å²) in [5, 5.41) is 19.7. The highest BCUT2D eigenvalue weighted by Gasteiger charge is 2.14. The number of carbonyl (C=O) groups is 1. The first-order valence-corrected chi connectivity index (χ1v) is 7.08. The molecule has 1 atom stereocenters. The number of benzene rings is 2. The number of hydrogen-bond donors (Lipinski definition) is 1. The quantitative estimate of drug-likeness (QED) is 0.639. The highest BCUT2D eigenvalue weighted by atomic mass is 16.6. The Labute approximate surface area is 128 Å². The van der Waals surface area contributed by atoms with E-state index in [2.05, 4.69) is 0 Å². The van der Waals surface area contributed by atoms with Crippen LogP contribution in [0.5, 0.6) is 0 Å². The van der Waals surface area contributed by atoms with Gasteiger partial charge in [0.25, 0.3) is 5.69 Å². The molecular weight excluding hydrogens is 282 g/mol. The fourth-order valence-electron chi connectivity index (χ4n) is 2.46. The molecule has 0 radical (unpaired) electrons. The van der Waals surface area contributed by atoms with E-state index in [0.717, 1.165) is 23.1 Å². The van der Waals surface area contributed by atoms with Crippen LogP contribution in [-0.2, 0) is 4.79 Å². The highest BCUT2D eigenvalue weighted by Crippen LogP contribution is 2.28. The van der Waals surface area contributed by atoms with Gasteiger partial charge in [0, 0.05) is 12.1 Å². The third-order valence-electron chi connectivity index (χ3n) is 3.69. The van der Waals surface area contributed by atoms with Crippen LogP contribution in [0.25, 0.3) is 11.1 Å². The van der Waals surface area contributed by atoms with Crippen LogP contribution in [0.4, 0.5) is 5.69 Å². The van der Waals surface area contributed by atoms with E-state index in [1.807, 2.05) is 37.3 Å². The molecule has 0 saturated heterocycles. The highest BCUT2D eigenvalue weighted by molar-refractivity contribution is 5.69. The van der Waals surface area contributed by atoms with Gasteiger partial charge < -0.3 is 5.11 Å². The lowest BCUT2D eigenvalue weighted by Crippen LogP contribution is -2.05. The molecule has 0 bridgehead atoms. The summed E-state index contributed by atoms with van der Waals surface area (Å²) in [6.45, 7) is 1.96. The molecule has 0 heterocycles. The van der Waals surface area contributed by atoms with Gasteiger partial charge in [-0.2, -0.15) is 0 Å². The van der Waals surface area contributed by atoms with Crippen molar-refractivity contribution in [3.05, 3.63) is 64.2 Å². The second-order valence-electron chi connectivity index (χ2n) is 5.13. The van der Waals surface area contributed by atoms with Crippen molar-refractivity contribution in [3.63, 3.8) is 0 Å². The molecule has 0 amide bonds. The van der Waals surface area contributed by atoms with E-state index in [-0.39, 0.29) is 18.0 Å². The molecule has 0 spiro atoms. The van der Waals surface area contributed by atoms with Crippen molar-refractivity contribution >= 4 is 11.7 Å². The van der Waals surface area contributed by atoms with Gasteiger partial charge in [-0.25, -0.2) is 0 Å². The van der Waals surface area contributed by atoms with E-state index < -0.39 is 10.9 Å². The van der Waals surface area contributed by atoms with Crippen molar-refractivity contribution in [3.8, 4) is 11.1 Å². The van der Waals surface area contributed by atoms with E-state index in [1.54, 1.807) is 6.07 Å². The largest absolute Gasteiger partial charge is 0.481 e. The third kappa shape index (κ3) is 3.69. The molecule has 0 aliphatic heterocycles. The maximum absolute atomic E-state index is 10.9. The lowest BCUT2D eigenvalue weighted by Gasteiger charge is -2.13. The number of aliphatic carboxylic acids is 1. The summed E-state index contributed by atoms with van der Waals surface area (Å²) < 4.78 is 0. The van der Waals surface area contributed by atoms with E-state index in [4.69, 9.17) is 5.11 Å². The topological polar surface area (TPSA) is 80.4 Å². The SMILES string of the molecule is CCC(CC(=O)O)c1ccc(-c2cccc([N+](=O)[O-])c2)cc1. The number of rotatable bonds is 6. The third-order valence-corrected chi connectivity index (χ3v) is 3.69. The van der Waals surface area contributed by atoms with Gasteiger partial charge in [0.05, 0.1) is 11.3 Å². The van der Waals surface area contributed by atoms with Gasteiger partial charge >= 0.3 is 5.97 Å². The van der Waals surface area contributed by atoms with Gasteiger partial charge in [0.15, 0.2) is 0 Å². The number of nitro groups is 1. The molecule has 2 rings (SSSR count). The Kier molecular flexibility index (Phi) is 4.88. The Morgan fingerprint density at radius 1 is 1.18 bits per heavy atom. The Bertz CT molecular complexity index is 679. The molecule has 2 aromatic rings. The monoisotopic (exact) mass is 299 g/mol. The Balaban J connectivity index is 2.26. The minimum Gasteiger partial charge on any atom is -0.481 e. The van der Waals surface area contributed by atoms with Gasteiger partial charge in [-0.1, -0.05) is 43.3 Å². The summed E-state index contributed by atoms with van der Waals surface area (Å²) in [4.78, 5) is 21.3. The normalized spacial score (nSPS) is 11.9. The Morgan fingerprint density at radius 3 is 2.41 bits per heavy atom. The molecule has 5 nitrogen and oxygen atoms in total. The molecule has 1 N–H and O–H groups in total. The van der Waals surface area contributed by atoms with Gasteiger partial charge in [-0.05, 0) is 29.0 Å². The fourth-order valence-corrected chi connectivity index (χ4v) is 2.46. The smallest absolute Gasteiger partial charge is 0.303 e. The summed E-state index contributed by atoms with van der Waals surface area (Å²) in [6.07, 6.45) is 0.856. The summed E-state index contributed by atoms with van der Waals surface area (Å²) in [5.41, 5.74) is 2.67. The van der Waals surface area contributed by atoms with Crippen molar-refractivity contribution < 1.29 is 14.8 Å². The molecule has 0 aromatic heterocycles. The predicted octanol–water partition coefficient (Wildman–Crippen LogP) is 4.23. The molecule has 114 valence electrons. The van der Waals surface area contributed by atoms with Crippen LogP contribution in [0.15, 0.2) is 48.5 Å². The average Bonchev–Trinajstić information content (AvgIpc) is 2.52. The molecule has 0 fully saturated rings. The van der Waals surface area contributed by atoms with E-state index in [0.29, 0.717) is 0 Å². The number of nitrogens with zero attached hydrogens (tertiary/aromatic N) is 1. The van der Waals surface area contributed by atoms with Crippen LogP contribution in [0.1, 0.15) is 31.2 Å². The van der Waals surface area contributed by atoms with Crippen molar-refractivity contribution in [2.45, 2.75) is 25.7 Å². The van der Waals surface area contributed by atoms with Gasteiger partial charge in [0.1, 0.15) is 0 Å². The molecule has 0 saturated carbocycles. The maximum atomic E-state index is 10.9. The predicted molar refractivity (Wildman–Crippen MR) is 83.8 cm³/mol. The summed E-state index contributed by atoms with van der Waals surface area (Å²) >= 11 is 0. The molecular formula is C17H17NO4. The van der Waals surface area contributed by atoms with E-state index in [9.17, 15) is 14.9 Å². The number of carboxylic acids is 1.